The highest BCUT2D eigenvalue weighted by Gasteiger charge is 2.20. The lowest BCUT2D eigenvalue weighted by atomic mass is 10.0. The Hall–Kier alpha value is -1.66. The van der Waals surface area contributed by atoms with Gasteiger partial charge in [0.1, 0.15) is 0 Å². The summed E-state index contributed by atoms with van der Waals surface area (Å²) in [4.78, 5) is 24.6. The van der Waals surface area contributed by atoms with Crippen LogP contribution in [-0.4, -0.2) is 47.4 Å². The van der Waals surface area contributed by atoms with Crippen LogP contribution in [0.4, 0.5) is 0 Å². The zero-order valence-electron chi connectivity index (χ0n) is 49.4. The molecule has 0 rings (SSSR count). The van der Waals surface area contributed by atoms with Gasteiger partial charge in [0.05, 0.1) is 25.4 Å². The topological polar surface area (TPSA) is 95.9 Å². The van der Waals surface area contributed by atoms with Gasteiger partial charge in [0.2, 0.25) is 5.91 Å². The molecule has 73 heavy (non-hydrogen) atoms. The van der Waals surface area contributed by atoms with E-state index in [1.54, 1.807) is 0 Å². The molecule has 0 aliphatic carbocycles. The smallest absolute Gasteiger partial charge is 0.305 e. The molecule has 6 heteroatoms. The highest BCUT2D eigenvalue weighted by Crippen LogP contribution is 2.18. The molecule has 0 radical (unpaired) electrons. The summed E-state index contributed by atoms with van der Waals surface area (Å²) in [6.45, 7) is 4.97. The van der Waals surface area contributed by atoms with Crippen LogP contribution in [0.3, 0.4) is 0 Å². The van der Waals surface area contributed by atoms with Gasteiger partial charge < -0.3 is 20.3 Å². The van der Waals surface area contributed by atoms with Crippen molar-refractivity contribution in [3.63, 3.8) is 0 Å². The van der Waals surface area contributed by atoms with Gasteiger partial charge in [-0.15, -0.1) is 0 Å². The van der Waals surface area contributed by atoms with Crippen LogP contribution in [0.15, 0.2) is 24.3 Å². The second-order valence-corrected chi connectivity index (χ2v) is 22.8. The van der Waals surface area contributed by atoms with E-state index >= 15 is 0 Å². The van der Waals surface area contributed by atoms with Crippen molar-refractivity contribution >= 4 is 11.9 Å². The SMILES string of the molecule is CCCCCCCC/C=C\CCCCCCCC(=O)OCCCCCCCCCCCCCC/C=C\CCCCCCCCCCCCC(=O)NC(CO)C(O)CCCCCCCCCCCCCCCCC. The number of rotatable bonds is 62. The summed E-state index contributed by atoms with van der Waals surface area (Å²) in [5.74, 6) is -0.0277. The Morgan fingerprint density at radius 2 is 0.644 bits per heavy atom. The van der Waals surface area contributed by atoms with Crippen molar-refractivity contribution in [1.29, 1.82) is 0 Å². The zero-order valence-corrected chi connectivity index (χ0v) is 49.4. The lowest BCUT2D eigenvalue weighted by Crippen LogP contribution is -2.45. The van der Waals surface area contributed by atoms with Crippen molar-refractivity contribution in [2.24, 2.45) is 0 Å². The first kappa shape index (κ1) is 71.3. The number of hydrogen-bond acceptors (Lipinski definition) is 5. The quantitative estimate of drug-likeness (QED) is 0.0320. The van der Waals surface area contributed by atoms with Gasteiger partial charge in [-0.1, -0.05) is 301 Å². The highest BCUT2D eigenvalue weighted by atomic mass is 16.5. The third-order valence-electron chi connectivity index (χ3n) is 15.5. The summed E-state index contributed by atoms with van der Waals surface area (Å²) in [5, 5.41) is 23.3. The summed E-state index contributed by atoms with van der Waals surface area (Å²) in [7, 11) is 0. The van der Waals surface area contributed by atoms with Crippen LogP contribution in [0.25, 0.3) is 0 Å². The number of unbranched alkanes of at least 4 members (excludes halogenated alkanes) is 47. The normalized spacial score (nSPS) is 12.7. The van der Waals surface area contributed by atoms with Gasteiger partial charge in [-0.3, -0.25) is 9.59 Å². The summed E-state index contributed by atoms with van der Waals surface area (Å²) >= 11 is 0. The molecule has 3 N–H and O–H groups in total. The lowest BCUT2D eigenvalue weighted by molar-refractivity contribution is -0.143. The number of carbonyl (C=O) groups is 2. The van der Waals surface area contributed by atoms with Crippen LogP contribution in [-0.2, 0) is 14.3 Å². The molecule has 0 saturated heterocycles. The van der Waals surface area contributed by atoms with E-state index in [4.69, 9.17) is 4.74 Å². The van der Waals surface area contributed by atoms with E-state index in [1.807, 2.05) is 0 Å². The number of nitrogens with one attached hydrogen (secondary N) is 1. The average molecular weight is 1030 g/mol. The predicted molar refractivity (Wildman–Crippen MR) is 320 cm³/mol. The van der Waals surface area contributed by atoms with Crippen molar-refractivity contribution in [2.75, 3.05) is 13.2 Å². The van der Waals surface area contributed by atoms with Gasteiger partial charge in [-0.05, 0) is 77.0 Å². The second kappa shape index (κ2) is 62.9. The molecule has 0 aromatic carbocycles. The molecule has 0 aromatic rings. The fourth-order valence-electron chi connectivity index (χ4n) is 10.4. The molecule has 0 fully saturated rings. The minimum atomic E-state index is -0.665. The first-order chi connectivity index (χ1) is 36.0. The predicted octanol–water partition coefficient (Wildman–Crippen LogP) is 21.0. The Morgan fingerprint density at radius 3 is 0.973 bits per heavy atom. The standard InChI is InChI=1S/C67H129NO5/c1-3-5-7-9-11-13-15-17-31-35-39-43-47-51-55-59-65(70)64(63-69)68-66(71)60-56-52-48-44-40-36-33-29-27-25-23-21-19-20-22-24-26-28-30-34-38-42-46-50-54-58-62-73-67(72)61-57-53-49-45-41-37-32-18-16-14-12-10-8-6-4-2/h18-19,21,32,64-65,69-70H,3-17,20,22-31,33-63H2,1-2H3,(H,68,71)/b21-19-,32-18-. The molecule has 0 spiro atoms. The number of allylic oxidation sites excluding steroid dienone is 4. The van der Waals surface area contributed by atoms with Crippen molar-refractivity contribution in [3.8, 4) is 0 Å². The van der Waals surface area contributed by atoms with E-state index in [1.165, 1.54) is 289 Å². The van der Waals surface area contributed by atoms with Crippen LogP contribution in [0.2, 0.25) is 0 Å². The number of amides is 1. The molecule has 6 nitrogen and oxygen atoms in total. The van der Waals surface area contributed by atoms with Crippen molar-refractivity contribution in [2.45, 2.75) is 379 Å². The number of aliphatic hydroxyl groups excluding tert-OH is 2. The van der Waals surface area contributed by atoms with Crippen molar-refractivity contribution in [1.82, 2.24) is 5.32 Å². The third kappa shape index (κ3) is 59.4. The fraction of sp³-hybridized carbons (Fsp3) is 0.910. The Kier molecular flexibility index (Phi) is 61.4. The van der Waals surface area contributed by atoms with Crippen molar-refractivity contribution in [3.05, 3.63) is 24.3 Å². The molecular formula is C67H129NO5. The molecule has 0 aliphatic rings. The number of hydrogen-bond donors (Lipinski definition) is 3. The Bertz CT molecular complexity index is 1140. The molecule has 0 heterocycles. The molecule has 2 unspecified atom stereocenters. The van der Waals surface area contributed by atoms with Gasteiger partial charge in [0, 0.05) is 12.8 Å². The van der Waals surface area contributed by atoms with E-state index in [2.05, 4.69) is 43.5 Å². The monoisotopic (exact) mass is 1030 g/mol. The average Bonchev–Trinajstić information content (AvgIpc) is 3.39. The maximum atomic E-state index is 12.5. The Morgan fingerprint density at radius 1 is 0.370 bits per heavy atom. The van der Waals surface area contributed by atoms with E-state index in [0.717, 1.165) is 44.9 Å². The third-order valence-corrected chi connectivity index (χ3v) is 15.5. The van der Waals surface area contributed by atoms with Crippen LogP contribution in [0, 0.1) is 0 Å². The van der Waals surface area contributed by atoms with E-state index in [-0.39, 0.29) is 18.5 Å². The lowest BCUT2D eigenvalue weighted by Gasteiger charge is -2.22. The Labute approximate surface area is 456 Å². The summed E-state index contributed by atoms with van der Waals surface area (Å²) < 4.78 is 5.49. The molecule has 2 atom stereocenters. The maximum Gasteiger partial charge on any atom is 0.305 e. The number of carbonyl (C=O) groups excluding carboxylic acids is 2. The summed E-state index contributed by atoms with van der Waals surface area (Å²) in [6, 6.07) is -0.542. The molecule has 432 valence electrons. The van der Waals surface area contributed by atoms with Gasteiger partial charge in [0.25, 0.3) is 0 Å². The number of esters is 1. The van der Waals surface area contributed by atoms with Gasteiger partial charge >= 0.3 is 5.97 Å². The van der Waals surface area contributed by atoms with Crippen LogP contribution in [0.1, 0.15) is 367 Å². The molecule has 1 amide bonds. The van der Waals surface area contributed by atoms with Crippen molar-refractivity contribution < 1.29 is 24.5 Å². The summed E-state index contributed by atoms with van der Waals surface area (Å²) in [5.41, 5.74) is 0. The molecular weight excluding hydrogens is 899 g/mol. The minimum absolute atomic E-state index is 0.00690. The van der Waals surface area contributed by atoms with E-state index in [9.17, 15) is 19.8 Å². The van der Waals surface area contributed by atoms with Gasteiger partial charge in [-0.25, -0.2) is 0 Å². The van der Waals surface area contributed by atoms with E-state index in [0.29, 0.717) is 25.9 Å². The second-order valence-electron chi connectivity index (χ2n) is 22.8. The number of ether oxygens (including phenoxy) is 1. The van der Waals surface area contributed by atoms with Gasteiger partial charge in [0.15, 0.2) is 0 Å². The van der Waals surface area contributed by atoms with Gasteiger partial charge in [-0.2, -0.15) is 0 Å². The molecule has 0 bridgehead atoms. The molecule has 0 aliphatic heterocycles. The Balaban J connectivity index is 3.38. The number of aliphatic hydroxyl groups is 2. The zero-order chi connectivity index (χ0) is 52.9. The largest absolute Gasteiger partial charge is 0.466 e. The first-order valence-corrected chi connectivity index (χ1v) is 33.1. The fourth-order valence-corrected chi connectivity index (χ4v) is 10.4. The molecule has 0 aromatic heterocycles. The maximum absolute atomic E-state index is 12.5. The van der Waals surface area contributed by atoms with Crippen LogP contribution in [0.5, 0.6) is 0 Å². The first-order valence-electron chi connectivity index (χ1n) is 33.1. The van der Waals surface area contributed by atoms with Crippen LogP contribution < -0.4 is 5.32 Å². The molecule has 0 saturated carbocycles. The van der Waals surface area contributed by atoms with Crippen LogP contribution >= 0.6 is 0 Å². The summed E-state index contributed by atoms with van der Waals surface area (Å²) in [6.07, 6.45) is 77.8. The highest BCUT2D eigenvalue weighted by molar-refractivity contribution is 5.76. The van der Waals surface area contributed by atoms with E-state index < -0.39 is 12.1 Å². The minimum Gasteiger partial charge on any atom is -0.466 e.